The molecule has 5 fully saturated rings. The molecule has 2 aliphatic carbocycles. The van der Waals surface area contributed by atoms with E-state index in [2.05, 4.69) is 19.8 Å². The highest BCUT2D eigenvalue weighted by molar-refractivity contribution is 6.01. The number of pyridine rings is 1. The van der Waals surface area contributed by atoms with Crippen LogP contribution in [0.15, 0.2) is 30.5 Å². The number of aromatic hydroxyl groups is 1. The third-order valence-electron chi connectivity index (χ3n) is 12.0. The number of benzene rings is 2. The van der Waals surface area contributed by atoms with Crippen molar-refractivity contribution in [1.29, 1.82) is 0 Å². The summed E-state index contributed by atoms with van der Waals surface area (Å²) in [5.74, 6) is -0.177. The van der Waals surface area contributed by atoms with E-state index < -0.39 is 11.4 Å². The monoisotopic (exact) mass is 627 g/mol. The van der Waals surface area contributed by atoms with Gasteiger partial charge in [0.05, 0.1) is 16.5 Å². The third kappa shape index (κ3) is 4.11. The van der Waals surface area contributed by atoms with Crippen molar-refractivity contribution in [2.24, 2.45) is 11.3 Å². The molecule has 2 saturated carbocycles. The van der Waals surface area contributed by atoms with Crippen molar-refractivity contribution < 1.29 is 23.7 Å². The van der Waals surface area contributed by atoms with Gasteiger partial charge < -0.3 is 19.8 Å². The van der Waals surface area contributed by atoms with Crippen molar-refractivity contribution in [2.75, 3.05) is 37.7 Å². The average Bonchev–Trinajstić information content (AvgIpc) is 3.30. The van der Waals surface area contributed by atoms with Gasteiger partial charge in [0.15, 0.2) is 5.82 Å². The van der Waals surface area contributed by atoms with Crippen molar-refractivity contribution >= 4 is 27.5 Å². The smallest absolute Gasteiger partial charge is 0.319 e. The summed E-state index contributed by atoms with van der Waals surface area (Å²) in [6, 6.07) is 6.13. The van der Waals surface area contributed by atoms with Crippen LogP contribution in [0.25, 0.3) is 32.9 Å². The molecule has 240 valence electrons. The number of hydrogen-bond acceptors (Lipinski definition) is 8. The minimum atomic E-state index is -0.655. The Kier molecular flexibility index (Phi) is 6.17. The molecule has 3 saturated heterocycles. The van der Waals surface area contributed by atoms with Gasteiger partial charge in [0, 0.05) is 24.8 Å². The predicted octanol–water partition coefficient (Wildman–Crippen LogP) is 6.14. The van der Waals surface area contributed by atoms with E-state index in [9.17, 15) is 14.6 Å². The van der Waals surface area contributed by atoms with E-state index in [0.29, 0.717) is 52.0 Å². The Bertz CT molecular complexity index is 1910. The van der Waals surface area contributed by atoms with Gasteiger partial charge in [-0.15, -0.1) is 0 Å². The van der Waals surface area contributed by atoms with Crippen LogP contribution in [0.4, 0.5) is 14.6 Å². The predicted molar refractivity (Wildman–Crippen MR) is 171 cm³/mol. The first-order valence-electron chi connectivity index (χ1n) is 16.9. The minimum absolute atomic E-state index is 0.00203. The molecule has 9 rings (SSSR count). The number of phenols is 1. The number of fused-ring (bicyclic) bond motifs is 5. The molecule has 0 bridgehead atoms. The number of ether oxygens (including phenoxy) is 1. The Morgan fingerprint density at radius 3 is 2.59 bits per heavy atom. The molecule has 2 N–H and O–H groups in total. The van der Waals surface area contributed by atoms with Crippen LogP contribution < -0.4 is 9.64 Å². The Labute approximate surface area is 266 Å². The molecule has 5 heterocycles. The van der Waals surface area contributed by atoms with Gasteiger partial charge >= 0.3 is 6.01 Å². The quantitative estimate of drug-likeness (QED) is 0.263. The molecule has 3 atom stereocenters. The molecular weight excluding hydrogens is 588 g/mol. The minimum Gasteiger partial charge on any atom is -0.508 e. The lowest BCUT2D eigenvalue weighted by molar-refractivity contribution is -0.0511. The first-order valence-corrected chi connectivity index (χ1v) is 16.9. The van der Waals surface area contributed by atoms with E-state index in [4.69, 9.17) is 9.72 Å². The van der Waals surface area contributed by atoms with Crippen molar-refractivity contribution in [3.05, 3.63) is 47.7 Å². The van der Waals surface area contributed by atoms with E-state index in [-0.39, 0.29) is 39.7 Å². The average molecular weight is 628 g/mol. The molecule has 5 aliphatic rings. The van der Waals surface area contributed by atoms with Gasteiger partial charge in [-0.1, -0.05) is 13.0 Å². The molecule has 2 aromatic heterocycles. The zero-order valence-electron chi connectivity index (χ0n) is 26.2. The second-order valence-corrected chi connectivity index (χ2v) is 14.6. The molecule has 1 spiro atoms. The van der Waals surface area contributed by atoms with E-state index in [0.717, 1.165) is 77.5 Å². The number of phenolic OH excluding ortho intramolecular Hbond substituents is 1. The number of aromatic nitrogens is 3. The summed E-state index contributed by atoms with van der Waals surface area (Å²) in [4.78, 5) is 19.0. The van der Waals surface area contributed by atoms with Crippen molar-refractivity contribution in [1.82, 2.24) is 19.9 Å². The molecule has 10 heteroatoms. The molecule has 8 nitrogen and oxygen atoms in total. The number of aliphatic hydroxyl groups is 1. The highest BCUT2D eigenvalue weighted by Crippen LogP contribution is 2.72. The lowest BCUT2D eigenvalue weighted by Crippen LogP contribution is -2.54. The fourth-order valence-electron chi connectivity index (χ4n) is 9.86. The molecule has 46 heavy (non-hydrogen) atoms. The number of nitrogens with zero attached hydrogens (tertiary/aromatic N) is 5. The Morgan fingerprint density at radius 2 is 1.85 bits per heavy atom. The zero-order valence-corrected chi connectivity index (χ0v) is 26.2. The SMILES string of the molecule is CCc1c(F)ccc2cc(O)cc(-c3ncc4c(N5CCCC6(C5)C[C@@]5(O)CC65)nc(OCC56CCCN5CCC6)nc4c3F)c12. The number of halogens is 2. The molecular formula is C36H39F2N5O3. The van der Waals surface area contributed by atoms with Crippen LogP contribution in [-0.2, 0) is 6.42 Å². The Morgan fingerprint density at radius 1 is 1.04 bits per heavy atom. The molecule has 2 aromatic carbocycles. The van der Waals surface area contributed by atoms with Crippen LogP contribution in [0.1, 0.15) is 63.9 Å². The lowest BCUT2D eigenvalue weighted by Gasteiger charge is -2.51. The summed E-state index contributed by atoms with van der Waals surface area (Å²) in [6.45, 7) is 5.94. The van der Waals surface area contributed by atoms with Gasteiger partial charge in [-0.25, -0.2) is 8.78 Å². The summed E-state index contributed by atoms with van der Waals surface area (Å²) in [7, 11) is 0. The summed E-state index contributed by atoms with van der Waals surface area (Å²) < 4.78 is 38.3. The van der Waals surface area contributed by atoms with E-state index >= 15 is 4.39 Å². The van der Waals surface area contributed by atoms with Gasteiger partial charge in [0.2, 0.25) is 0 Å². The number of anilines is 1. The maximum absolute atomic E-state index is 16.9. The third-order valence-corrected chi connectivity index (χ3v) is 12.0. The second kappa shape index (κ2) is 9.94. The largest absolute Gasteiger partial charge is 0.508 e. The maximum atomic E-state index is 16.9. The fraction of sp³-hybridized carbons (Fsp3) is 0.528. The van der Waals surface area contributed by atoms with Gasteiger partial charge in [-0.05, 0) is 117 Å². The number of piperidine rings is 1. The van der Waals surface area contributed by atoms with Gasteiger partial charge in [-0.3, -0.25) is 9.88 Å². The molecule has 3 aliphatic heterocycles. The Balaban J connectivity index is 1.18. The number of aryl methyl sites for hydroxylation is 1. The van der Waals surface area contributed by atoms with Crippen LogP contribution >= 0.6 is 0 Å². The van der Waals surface area contributed by atoms with Crippen molar-refractivity contribution in [3.8, 4) is 23.0 Å². The first kappa shape index (κ1) is 28.6. The van der Waals surface area contributed by atoms with Gasteiger partial charge in [-0.2, -0.15) is 9.97 Å². The van der Waals surface area contributed by atoms with Crippen LogP contribution in [0, 0.1) is 23.0 Å². The van der Waals surface area contributed by atoms with Crippen LogP contribution in [0.2, 0.25) is 0 Å². The van der Waals surface area contributed by atoms with Gasteiger partial charge in [0.25, 0.3) is 0 Å². The highest BCUT2D eigenvalue weighted by atomic mass is 19.1. The van der Waals surface area contributed by atoms with E-state index in [1.807, 2.05) is 6.92 Å². The van der Waals surface area contributed by atoms with Crippen molar-refractivity contribution in [2.45, 2.75) is 75.9 Å². The number of hydrogen-bond donors (Lipinski definition) is 2. The summed E-state index contributed by atoms with van der Waals surface area (Å²) >= 11 is 0. The second-order valence-electron chi connectivity index (χ2n) is 14.6. The summed E-state index contributed by atoms with van der Waals surface area (Å²) in [6.07, 6.45) is 10.1. The fourth-order valence-corrected chi connectivity index (χ4v) is 9.86. The van der Waals surface area contributed by atoms with E-state index in [1.165, 1.54) is 12.1 Å². The summed E-state index contributed by atoms with van der Waals surface area (Å²) in [5.41, 5.74) is 0.376. The Hall–Kier alpha value is -3.63. The zero-order chi connectivity index (χ0) is 31.4. The summed E-state index contributed by atoms with van der Waals surface area (Å²) in [5, 5.41) is 22.9. The maximum Gasteiger partial charge on any atom is 0.319 e. The lowest BCUT2D eigenvalue weighted by atomic mass is 9.62. The normalized spacial score (nSPS) is 28.1. The van der Waals surface area contributed by atoms with Crippen LogP contribution in [0.5, 0.6) is 11.8 Å². The van der Waals surface area contributed by atoms with Gasteiger partial charge in [0.1, 0.15) is 35.2 Å². The first-order chi connectivity index (χ1) is 22.2. The highest BCUT2D eigenvalue weighted by Gasteiger charge is 2.74. The molecule has 2 unspecified atom stereocenters. The van der Waals surface area contributed by atoms with Crippen molar-refractivity contribution in [3.63, 3.8) is 0 Å². The number of rotatable bonds is 6. The molecule has 4 aromatic rings. The topological polar surface area (TPSA) is 94.8 Å². The molecule has 0 radical (unpaired) electrons. The van der Waals surface area contributed by atoms with E-state index in [1.54, 1.807) is 18.3 Å². The standard InChI is InChI=1S/C36H39F2N5O3/c1-2-23-26(37)7-6-21-14-22(44)15-24(28(21)23)30-29(38)31-25(17-39-30)32(42-11-3-8-34(19-42)18-36(45)16-27(34)36)41-33(40-31)46-20-35-9-4-12-43(35)13-5-10-35/h6-7,14-15,17,27,44-45H,2-5,8-13,16,18-20H2,1H3/t27?,34?,36-/m0/s1. The molecule has 0 amide bonds. The van der Waals surface area contributed by atoms with Crippen LogP contribution in [0.3, 0.4) is 0 Å². The van der Waals surface area contributed by atoms with Crippen LogP contribution in [-0.4, -0.2) is 74.0 Å².